The number of aliphatic imine (C=N–C) groups is 2. The van der Waals surface area contributed by atoms with Crippen LogP contribution >= 0.6 is 11.6 Å². The molecular weight excluding hydrogens is 284 g/mol. The fraction of sp³-hybridized carbons (Fsp3) is 0.500. The van der Waals surface area contributed by atoms with Crippen LogP contribution in [0.5, 0.6) is 0 Å². The van der Waals surface area contributed by atoms with Gasteiger partial charge in [0, 0.05) is 37.4 Å². The van der Waals surface area contributed by atoms with Crippen LogP contribution in [-0.4, -0.2) is 67.7 Å². The van der Waals surface area contributed by atoms with E-state index in [0.29, 0.717) is 0 Å². The summed E-state index contributed by atoms with van der Waals surface area (Å²) in [5, 5.41) is 0.776. The number of hydrogen-bond acceptors (Lipinski definition) is 4. The zero-order chi connectivity index (χ0) is 14.7. The summed E-state index contributed by atoms with van der Waals surface area (Å²) in [5.74, 6) is 0.971. The van der Waals surface area contributed by atoms with Gasteiger partial charge in [-0.1, -0.05) is 23.7 Å². The minimum Gasteiger partial charge on any atom is -0.304 e. The first-order valence-corrected chi connectivity index (χ1v) is 7.83. The molecule has 0 radical (unpaired) electrons. The molecule has 4 nitrogen and oxygen atoms in total. The second-order valence-electron chi connectivity index (χ2n) is 5.80. The SMILES string of the molecule is CN1CCN(CC2=NC(Cc3ccc(Cl)cc3)C=N2)CC1. The largest absolute Gasteiger partial charge is 0.304 e. The quantitative estimate of drug-likeness (QED) is 0.852. The van der Waals surface area contributed by atoms with Gasteiger partial charge in [-0.05, 0) is 31.2 Å². The van der Waals surface area contributed by atoms with Gasteiger partial charge in [0.15, 0.2) is 0 Å². The standard InChI is InChI=1S/C16H21ClN4/c1-20-6-8-21(9-7-20)12-16-18-11-15(19-16)10-13-2-4-14(17)5-3-13/h2-5,11,15H,6-10,12H2,1H3. The molecule has 2 aliphatic rings. The van der Waals surface area contributed by atoms with Crippen molar-refractivity contribution in [3.63, 3.8) is 0 Å². The highest BCUT2D eigenvalue weighted by molar-refractivity contribution is 6.30. The van der Waals surface area contributed by atoms with Gasteiger partial charge in [0.25, 0.3) is 0 Å². The Bertz CT molecular complexity index is 530. The van der Waals surface area contributed by atoms with Crippen LogP contribution in [0.25, 0.3) is 0 Å². The van der Waals surface area contributed by atoms with E-state index in [1.54, 1.807) is 0 Å². The van der Waals surface area contributed by atoms with Crippen LogP contribution in [0.15, 0.2) is 34.3 Å². The summed E-state index contributed by atoms with van der Waals surface area (Å²) in [6.07, 6.45) is 2.87. The molecule has 1 aromatic carbocycles. The highest BCUT2D eigenvalue weighted by Gasteiger charge is 2.18. The van der Waals surface area contributed by atoms with Crippen molar-refractivity contribution in [3.05, 3.63) is 34.9 Å². The molecule has 112 valence electrons. The minimum atomic E-state index is 0.175. The van der Waals surface area contributed by atoms with Gasteiger partial charge in [-0.25, -0.2) is 4.99 Å². The van der Waals surface area contributed by atoms with E-state index in [9.17, 15) is 0 Å². The number of benzene rings is 1. The lowest BCUT2D eigenvalue weighted by Gasteiger charge is -2.31. The molecule has 21 heavy (non-hydrogen) atoms. The molecule has 2 heterocycles. The maximum Gasteiger partial charge on any atom is 0.137 e. The predicted molar refractivity (Wildman–Crippen MR) is 88.8 cm³/mol. The summed E-state index contributed by atoms with van der Waals surface area (Å²) in [6.45, 7) is 5.34. The van der Waals surface area contributed by atoms with E-state index in [0.717, 1.165) is 50.0 Å². The van der Waals surface area contributed by atoms with E-state index in [-0.39, 0.29) is 6.04 Å². The van der Waals surface area contributed by atoms with Gasteiger partial charge < -0.3 is 4.90 Å². The van der Waals surface area contributed by atoms with Crippen molar-refractivity contribution in [2.24, 2.45) is 9.98 Å². The number of piperazine rings is 1. The van der Waals surface area contributed by atoms with Crippen molar-refractivity contribution in [2.75, 3.05) is 39.8 Å². The van der Waals surface area contributed by atoms with Gasteiger partial charge in [-0.2, -0.15) is 0 Å². The Morgan fingerprint density at radius 2 is 1.86 bits per heavy atom. The molecule has 1 atom stereocenters. The molecule has 1 fully saturated rings. The monoisotopic (exact) mass is 304 g/mol. The molecule has 1 aromatic rings. The number of nitrogens with zero attached hydrogens (tertiary/aromatic N) is 4. The number of rotatable bonds is 4. The maximum atomic E-state index is 5.91. The summed E-state index contributed by atoms with van der Waals surface area (Å²) in [6, 6.07) is 8.15. The molecule has 0 aromatic heterocycles. The van der Waals surface area contributed by atoms with Gasteiger partial charge in [-0.3, -0.25) is 9.89 Å². The Hall–Kier alpha value is -1.23. The molecule has 2 aliphatic heterocycles. The van der Waals surface area contributed by atoms with Crippen LogP contribution in [-0.2, 0) is 6.42 Å². The maximum absolute atomic E-state index is 5.91. The van der Waals surface area contributed by atoms with Crippen LogP contribution in [0.1, 0.15) is 5.56 Å². The smallest absolute Gasteiger partial charge is 0.137 e. The summed E-state index contributed by atoms with van der Waals surface area (Å²) >= 11 is 5.91. The minimum absolute atomic E-state index is 0.175. The first-order valence-electron chi connectivity index (χ1n) is 7.45. The van der Waals surface area contributed by atoms with Gasteiger partial charge in [0.1, 0.15) is 5.84 Å². The fourth-order valence-corrected chi connectivity index (χ4v) is 2.80. The van der Waals surface area contributed by atoms with Crippen molar-refractivity contribution in [1.29, 1.82) is 0 Å². The van der Waals surface area contributed by atoms with E-state index in [1.165, 1.54) is 5.56 Å². The molecule has 0 spiro atoms. The van der Waals surface area contributed by atoms with E-state index in [1.807, 2.05) is 18.3 Å². The Labute approximate surface area is 131 Å². The second kappa shape index (κ2) is 6.69. The average molecular weight is 305 g/mol. The van der Waals surface area contributed by atoms with Gasteiger partial charge in [0.05, 0.1) is 12.6 Å². The third-order valence-corrected chi connectivity index (χ3v) is 4.28. The van der Waals surface area contributed by atoms with E-state index < -0.39 is 0 Å². The van der Waals surface area contributed by atoms with E-state index in [2.05, 4.69) is 34.0 Å². The summed E-state index contributed by atoms with van der Waals surface area (Å²) in [4.78, 5) is 14.0. The predicted octanol–water partition coefficient (Wildman–Crippen LogP) is 1.98. The summed E-state index contributed by atoms with van der Waals surface area (Å²) in [5.41, 5.74) is 1.25. The highest BCUT2D eigenvalue weighted by Crippen LogP contribution is 2.13. The lowest BCUT2D eigenvalue weighted by molar-refractivity contribution is 0.170. The molecule has 3 rings (SSSR count). The number of halogens is 1. The second-order valence-corrected chi connectivity index (χ2v) is 6.24. The van der Waals surface area contributed by atoms with Crippen LogP contribution in [0, 0.1) is 0 Å². The number of hydrogen-bond donors (Lipinski definition) is 0. The lowest BCUT2D eigenvalue weighted by Crippen LogP contribution is -2.45. The fourth-order valence-electron chi connectivity index (χ4n) is 2.68. The first-order chi connectivity index (χ1) is 10.2. The third-order valence-electron chi connectivity index (χ3n) is 4.03. The average Bonchev–Trinajstić information content (AvgIpc) is 2.91. The van der Waals surface area contributed by atoms with Crippen molar-refractivity contribution in [1.82, 2.24) is 9.80 Å². The normalized spacial score (nSPS) is 23.5. The molecular formula is C16H21ClN4. The topological polar surface area (TPSA) is 31.2 Å². The van der Waals surface area contributed by atoms with Crippen molar-refractivity contribution < 1.29 is 0 Å². The Kier molecular flexibility index (Phi) is 4.68. The summed E-state index contributed by atoms with van der Waals surface area (Å²) < 4.78 is 0. The molecule has 1 saturated heterocycles. The Morgan fingerprint density at radius 3 is 2.57 bits per heavy atom. The van der Waals surface area contributed by atoms with Crippen molar-refractivity contribution in [2.45, 2.75) is 12.5 Å². The summed E-state index contributed by atoms with van der Waals surface area (Å²) in [7, 11) is 2.17. The Morgan fingerprint density at radius 1 is 1.14 bits per heavy atom. The zero-order valence-corrected chi connectivity index (χ0v) is 13.1. The van der Waals surface area contributed by atoms with Crippen LogP contribution in [0.4, 0.5) is 0 Å². The van der Waals surface area contributed by atoms with E-state index >= 15 is 0 Å². The lowest BCUT2D eigenvalue weighted by atomic mass is 10.1. The molecule has 0 amide bonds. The number of likely N-dealkylation sites (N-methyl/N-ethyl adjacent to an activating group) is 1. The molecule has 5 heteroatoms. The molecule has 0 saturated carbocycles. The molecule has 0 N–H and O–H groups in total. The van der Waals surface area contributed by atoms with Crippen LogP contribution < -0.4 is 0 Å². The highest BCUT2D eigenvalue weighted by atomic mass is 35.5. The van der Waals surface area contributed by atoms with Crippen molar-refractivity contribution in [3.8, 4) is 0 Å². The van der Waals surface area contributed by atoms with Crippen LogP contribution in [0.2, 0.25) is 5.02 Å². The van der Waals surface area contributed by atoms with E-state index in [4.69, 9.17) is 16.6 Å². The zero-order valence-electron chi connectivity index (χ0n) is 12.4. The number of amidine groups is 1. The molecule has 1 unspecified atom stereocenters. The Balaban J connectivity index is 1.52. The van der Waals surface area contributed by atoms with Gasteiger partial charge >= 0.3 is 0 Å². The van der Waals surface area contributed by atoms with Gasteiger partial charge in [-0.15, -0.1) is 0 Å². The van der Waals surface area contributed by atoms with Crippen LogP contribution in [0.3, 0.4) is 0 Å². The molecule has 0 aliphatic carbocycles. The van der Waals surface area contributed by atoms with Gasteiger partial charge in [0.2, 0.25) is 0 Å². The molecule has 0 bridgehead atoms. The first kappa shape index (κ1) is 14.7. The third kappa shape index (κ3) is 4.13. The van der Waals surface area contributed by atoms with Crippen molar-refractivity contribution >= 4 is 23.7 Å².